The number of hydrogen-bond donors (Lipinski definition) is 2. The molecule has 2 nitrogen and oxygen atoms in total. The van der Waals surface area contributed by atoms with Gasteiger partial charge in [-0.3, -0.25) is 5.32 Å². The quantitative estimate of drug-likeness (QED) is 0.616. The molecule has 14 heavy (non-hydrogen) atoms. The molecule has 1 aliphatic rings. The maximum atomic E-state index is 5.81. The van der Waals surface area contributed by atoms with Gasteiger partial charge in [0.15, 0.2) is 0 Å². The van der Waals surface area contributed by atoms with Gasteiger partial charge in [0.1, 0.15) is 0 Å². The maximum Gasteiger partial charge on any atom is 0.0389 e. The topological polar surface area (TPSA) is 38.0 Å². The van der Waals surface area contributed by atoms with Crippen LogP contribution in [0.4, 0.5) is 5.69 Å². The van der Waals surface area contributed by atoms with E-state index in [1.54, 1.807) is 0 Å². The van der Waals surface area contributed by atoms with Gasteiger partial charge >= 0.3 is 0 Å². The SMILES string of the molecule is CC1(C)NC(C)(C)c2cc(N)ccc21. The zero-order chi connectivity index (χ0) is 10.6. The Morgan fingerprint density at radius 3 is 2.21 bits per heavy atom. The molecule has 0 spiro atoms. The minimum atomic E-state index is 0.0220. The highest BCUT2D eigenvalue weighted by Gasteiger charge is 2.40. The third-order valence-corrected chi connectivity index (χ3v) is 3.02. The summed E-state index contributed by atoms with van der Waals surface area (Å²) in [6.45, 7) is 8.80. The number of nitrogens with one attached hydrogen (secondary N) is 1. The number of nitrogens with two attached hydrogens (primary N) is 1. The lowest BCUT2D eigenvalue weighted by atomic mass is 9.90. The second kappa shape index (κ2) is 2.51. The normalized spacial score (nSPS) is 22.0. The predicted molar refractivity (Wildman–Crippen MR) is 60.0 cm³/mol. The summed E-state index contributed by atoms with van der Waals surface area (Å²) in [5.74, 6) is 0. The lowest BCUT2D eigenvalue weighted by Crippen LogP contribution is -2.39. The van der Waals surface area contributed by atoms with Gasteiger partial charge in [0.25, 0.3) is 0 Å². The first-order chi connectivity index (χ1) is 6.33. The molecule has 0 fully saturated rings. The number of hydrogen-bond acceptors (Lipinski definition) is 2. The van der Waals surface area contributed by atoms with E-state index in [0.717, 1.165) is 5.69 Å². The van der Waals surface area contributed by atoms with E-state index in [-0.39, 0.29) is 11.1 Å². The Morgan fingerprint density at radius 1 is 1.00 bits per heavy atom. The Kier molecular flexibility index (Phi) is 1.71. The third-order valence-electron chi connectivity index (χ3n) is 3.02. The van der Waals surface area contributed by atoms with Crippen LogP contribution in [0.2, 0.25) is 0 Å². The molecule has 1 heterocycles. The minimum Gasteiger partial charge on any atom is -0.399 e. The molecule has 0 unspecified atom stereocenters. The highest BCUT2D eigenvalue weighted by atomic mass is 15.1. The molecular weight excluding hydrogens is 172 g/mol. The molecule has 1 aliphatic heterocycles. The summed E-state index contributed by atoms with van der Waals surface area (Å²) in [6.07, 6.45) is 0. The van der Waals surface area contributed by atoms with Crippen molar-refractivity contribution < 1.29 is 0 Å². The summed E-state index contributed by atoms with van der Waals surface area (Å²) >= 11 is 0. The fraction of sp³-hybridized carbons (Fsp3) is 0.500. The second-order valence-corrected chi connectivity index (χ2v) is 5.18. The smallest absolute Gasteiger partial charge is 0.0389 e. The van der Waals surface area contributed by atoms with E-state index >= 15 is 0 Å². The summed E-state index contributed by atoms with van der Waals surface area (Å²) in [7, 11) is 0. The van der Waals surface area contributed by atoms with Gasteiger partial charge in [0.2, 0.25) is 0 Å². The van der Waals surface area contributed by atoms with Gasteiger partial charge in [-0.15, -0.1) is 0 Å². The van der Waals surface area contributed by atoms with Gasteiger partial charge in [-0.1, -0.05) is 6.07 Å². The van der Waals surface area contributed by atoms with Crippen LogP contribution in [0.3, 0.4) is 0 Å². The first-order valence-electron chi connectivity index (χ1n) is 5.03. The van der Waals surface area contributed by atoms with E-state index < -0.39 is 0 Å². The Labute approximate surface area is 85.5 Å². The highest BCUT2D eigenvalue weighted by molar-refractivity contribution is 5.52. The molecular formula is C12H18N2. The fourth-order valence-electron chi connectivity index (χ4n) is 2.54. The molecule has 0 aliphatic carbocycles. The zero-order valence-corrected chi connectivity index (χ0v) is 9.31. The molecule has 1 aromatic rings. The molecule has 2 heteroatoms. The Bertz CT molecular complexity index is 378. The van der Waals surface area contributed by atoms with Crippen molar-refractivity contribution in [1.82, 2.24) is 5.32 Å². The number of rotatable bonds is 0. The minimum absolute atomic E-state index is 0.0220. The first kappa shape index (κ1) is 9.53. The van der Waals surface area contributed by atoms with E-state index in [1.807, 2.05) is 6.07 Å². The lowest BCUT2D eigenvalue weighted by molar-refractivity contribution is 0.319. The monoisotopic (exact) mass is 190 g/mol. The predicted octanol–water partition coefficient (Wildman–Crippen LogP) is 2.34. The second-order valence-electron chi connectivity index (χ2n) is 5.18. The van der Waals surface area contributed by atoms with Crippen LogP contribution in [0.5, 0.6) is 0 Å². The Hall–Kier alpha value is -1.02. The van der Waals surface area contributed by atoms with Crippen LogP contribution in [-0.4, -0.2) is 0 Å². The van der Waals surface area contributed by atoms with E-state index in [9.17, 15) is 0 Å². The average Bonchev–Trinajstić information content (AvgIpc) is 2.17. The number of fused-ring (bicyclic) bond motifs is 1. The summed E-state index contributed by atoms with van der Waals surface area (Å²) < 4.78 is 0. The van der Waals surface area contributed by atoms with Crippen LogP contribution in [0.1, 0.15) is 38.8 Å². The number of anilines is 1. The number of benzene rings is 1. The van der Waals surface area contributed by atoms with Crippen molar-refractivity contribution in [2.75, 3.05) is 5.73 Å². The van der Waals surface area contributed by atoms with Crippen molar-refractivity contribution in [2.45, 2.75) is 38.8 Å². The van der Waals surface area contributed by atoms with Crippen molar-refractivity contribution in [3.05, 3.63) is 29.3 Å². The van der Waals surface area contributed by atoms with E-state index in [1.165, 1.54) is 11.1 Å². The molecule has 0 aromatic heterocycles. The molecule has 76 valence electrons. The molecule has 0 bridgehead atoms. The molecule has 0 saturated carbocycles. The van der Waals surface area contributed by atoms with Crippen molar-refractivity contribution in [3.63, 3.8) is 0 Å². The summed E-state index contributed by atoms with van der Waals surface area (Å²) in [4.78, 5) is 0. The van der Waals surface area contributed by atoms with Crippen LogP contribution < -0.4 is 11.1 Å². The van der Waals surface area contributed by atoms with Crippen LogP contribution >= 0.6 is 0 Å². The van der Waals surface area contributed by atoms with Gasteiger partial charge in [-0.25, -0.2) is 0 Å². The maximum absolute atomic E-state index is 5.81. The molecule has 0 saturated heterocycles. The van der Waals surface area contributed by atoms with Crippen LogP contribution in [0.15, 0.2) is 18.2 Å². The molecule has 0 amide bonds. The van der Waals surface area contributed by atoms with Crippen molar-refractivity contribution in [1.29, 1.82) is 0 Å². The van der Waals surface area contributed by atoms with Crippen LogP contribution in [0, 0.1) is 0 Å². The molecule has 1 aromatic carbocycles. The summed E-state index contributed by atoms with van der Waals surface area (Å²) in [5, 5.41) is 3.61. The fourth-order valence-corrected chi connectivity index (χ4v) is 2.54. The number of nitrogen functional groups attached to an aromatic ring is 1. The van der Waals surface area contributed by atoms with Crippen molar-refractivity contribution in [3.8, 4) is 0 Å². The molecule has 0 atom stereocenters. The molecule has 2 rings (SSSR count). The zero-order valence-electron chi connectivity index (χ0n) is 9.31. The summed E-state index contributed by atoms with van der Waals surface area (Å²) in [5.41, 5.74) is 9.41. The van der Waals surface area contributed by atoms with Crippen molar-refractivity contribution >= 4 is 5.69 Å². The highest BCUT2D eigenvalue weighted by Crippen LogP contribution is 2.41. The van der Waals surface area contributed by atoms with E-state index in [0.29, 0.717) is 0 Å². The molecule has 0 radical (unpaired) electrons. The Morgan fingerprint density at radius 2 is 1.57 bits per heavy atom. The van der Waals surface area contributed by atoms with Gasteiger partial charge in [-0.05, 0) is 51.0 Å². The van der Waals surface area contributed by atoms with Gasteiger partial charge < -0.3 is 5.73 Å². The lowest BCUT2D eigenvalue weighted by Gasteiger charge is -2.25. The standard InChI is InChI=1S/C12H18N2/c1-11(2)9-6-5-8(13)7-10(9)12(3,4)14-11/h5-7,14H,13H2,1-4H3. The largest absolute Gasteiger partial charge is 0.399 e. The molecule has 3 N–H and O–H groups in total. The van der Waals surface area contributed by atoms with Crippen molar-refractivity contribution in [2.24, 2.45) is 0 Å². The average molecular weight is 190 g/mol. The van der Waals surface area contributed by atoms with Gasteiger partial charge in [0.05, 0.1) is 0 Å². The third kappa shape index (κ3) is 1.22. The van der Waals surface area contributed by atoms with E-state index in [4.69, 9.17) is 5.73 Å². The Balaban J connectivity index is 2.66. The van der Waals surface area contributed by atoms with Gasteiger partial charge in [-0.2, -0.15) is 0 Å². The summed E-state index contributed by atoms with van der Waals surface area (Å²) in [6, 6.07) is 6.19. The van der Waals surface area contributed by atoms with Crippen LogP contribution in [0.25, 0.3) is 0 Å². The van der Waals surface area contributed by atoms with Crippen LogP contribution in [-0.2, 0) is 11.1 Å². The first-order valence-corrected chi connectivity index (χ1v) is 5.03. The van der Waals surface area contributed by atoms with E-state index in [2.05, 4.69) is 45.1 Å². The van der Waals surface area contributed by atoms with Gasteiger partial charge in [0, 0.05) is 16.8 Å².